The number of thioether (sulfide) groups is 1. The normalized spacial score (nSPS) is 11.1. The Morgan fingerprint density at radius 1 is 1.19 bits per heavy atom. The van der Waals surface area contributed by atoms with Gasteiger partial charge in [-0.1, -0.05) is 6.07 Å². The summed E-state index contributed by atoms with van der Waals surface area (Å²) in [5.41, 5.74) is 2.52. The molecule has 1 aromatic carbocycles. The largest absolute Gasteiger partial charge is 0.355 e. The van der Waals surface area contributed by atoms with Gasteiger partial charge >= 0.3 is 0 Å². The third-order valence-electron chi connectivity index (χ3n) is 3.76. The minimum atomic E-state index is -0.227. The minimum absolute atomic E-state index is 0.166. The van der Waals surface area contributed by atoms with Crippen LogP contribution in [0.3, 0.4) is 0 Å². The maximum absolute atomic E-state index is 13.4. The Balaban J connectivity index is 1.77. The number of aromatic nitrogens is 1. The third-order valence-corrected chi connectivity index (χ3v) is 4.36. The highest BCUT2D eigenvalue weighted by atomic mass is 32.2. The van der Waals surface area contributed by atoms with E-state index in [-0.39, 0.29) is 11.7 Å². The molecule has 2 aromatic rings. The van der Waals surface area contributed by atoms with Crippen LogP contribution in [0.2, 0.25) is 0 Å². The first kappa shape index (κ1) is 20.7. The number of nitrogens with one attached hydrogen (secondary N) is 3. The number of pyridine rings is 1. The second kappa shape index (κ2) is 11.2. The lowest BCUT2D eigenvalue weighted by atomic mass is 10.1. The minimum Gasteiger partial charge on any atom is -0.355 e. The molecule has 2 rings (SSSR count). The van der Waals surface area contributed by atoms with Crippen LogP contribution in [0.25, 0.3) is 0 Å². The molecular weight excluding hydrogens is 365 g/mol. The summed E-state index contributed by atoms with van der Waals surface area (Å²) >= 11 is 1.65. The van der Waals surface area contributed by atoms with Crippen molar-refractivity contribution in [2.45, 2.75) is 12.3 Å². The lowest BCUT2D eigenvalue weighted by Gasteiger charge is -2.14. The summed E-state index contributed by atoms with van der Waals surface area (Å²) in [7, 11) is 1.68. The average Bonchev–Trinajstić information content (AvgIpc) is 2.69. The number of hydrogen-bond acceptors (Lipinski definition) is 4. The zero-order valence-corrected chi connectivity index (χ0v) is 16.3. The van der Waals surface area contributed by atoms with Crippen molar-refractivity contribution in [2.75, 3.05) is 26.4 Å². The number of aliphatic imine (C=N–C) groups is 1. The number of benzene rings is 1. The second-order valence-electron chi connectivity index (χ2n) is 5.70. The summed E-state index contributed by atoms with van der Waals surface area (Å²) in [5.74, 6) is 0.974. The van der Waals surface area contributed by atoms with Crippen molar-refractivity contribution in [1.82, 2.24) is 20.9 Å². The number of halogens is 1. The van der Waals surface area contributed by atoms with E-state index in [0.717, 1.165) is 16.9 Å². The molecule has 0 unspecified atom stereocenters. The molecule has 6 nitrogen and oxygen atoms in total. The number of carbonyl (C=O) groups is 1. The lowest BCUT2D eigenvalue weighted by Crippen LogP contribution is -2.41. The molecule has 1 aromatic heterocycles. The van der Waals surface area contributed by atoms with Gasteiger partial charge in [-0.15, -0.1) is 0 Å². The molecule has 1 heterocycles. The van der Waals surface area contributed by atoms with E-state index in [2.05, 4.69) is 25.9 Å². The van der Waals surface area contributed by atoms with Crippen LogP contribution in [0.1, 0.15) is 21.5 Å². The molecule has 1 amide bonds. The van der Waals surface area contributed by atoms with Crippen LogP contribution in [0.5, 0.6) is 0 Å². The molecule has 0 spiro atoms. The Morgan fingerprint density at radius 2 is 2.00 bits per heavy atom. The molecule has 0 saturated carbocycles. The predicted octanol–water partition coefficient (Wildman–Crippen LogP) is 2.18. The summed E-state index contributed by atoms with van der Waals surface area (Å²) in [5, 5.41) is 9.16. The van der Waals surface area contributed by atoms with Gasteiger partial charge in [0.1, 0.15) is 5.82 Å². The maximum atomic E-state index is 13.4. The van der Waals surface area contributed by atoms with Crippen molar-refractivity contribution < 1.29 is 9.18 Å². The molecule has 0 bridgehead atoms. The summed E-state index contributed by atoms with van der Waals surface area (Å²) in [6.45, 7) is 1.51. The monoisotopic (exact) mass is 389 g/mol. The highest BCUT2D eigenvalue weighted by Gasteiger charge is 2.06. The van der Waals surface area contributed by atoms with Gasteiger partial charge in [-0.3, -0.25) is 14.8 Å². The topological polar surface area (TPSA) is 78.4 Å². The Hall–Kier alpha value is -2.61. The molecule has 8 heteroatoms. The van der Waals surface area contributed by atoms with Crippen LogP contribution in [0.4, 0.5) is 4.39 Å². The van der Waals surface area contributed by atoms with Gasteiger partial charge in [0, 0.05) is 44.8 Å². The van der Waals surface area contributed by atoms with Gasteiger partial charge in [-0.2, -0.15) is 11.8 Å². The van der Waals surface area contributed by atoms with E-state index in [4.69, 9.17) is 0 Å². The van der Waals surface area contributed by atoms with Gasteiger partial charge in [-0.05, 0) is 41.6 Å². The third kappa shape index (κ3) is 6.90. The van der Waals surface area contributed by atoms with Gasteiger partial charge in [0.2, 0.25) is 0 Å². The summed E-state index contributed by atoms with van der Waals surface area (Å²) in [4.78, 5) is 20.0. The quantitative estimate of drug-likeness (QED) is 0.366. The van der Waals surface area contributed by atoms with E-state index in [0.29, 0.717) is 31.2 Å². The number of nitrogens with zero attached hydrogens (tertiary/aromatic N) is 2. The smallest absolute Gasteiger partial charge is 0.252 e. The zero-order valence-electron chi connectivity index (χ0n) is 15.5. The average molecular weight is 390 g/mol. The van der Waals surface area contributed by atoms with Gasteiger partial charge in [0.15, 0.2) is 5.96 Å². The first-order valence-electron chi connectivity index (χ1n) is 8.53. The molecular formula is C19H24FN5OS. The number of rotatable bonds is 8. The maximum Gasteiger partial charge on any atom is 0.252 e. The molecule has 0 saturated heterocycles. The molecule has 0 aliphatic carbocycles. The molecule has 0 aliphatic heterocycles. The number of hydrogen-bond donors (Lipinski definition) is 3. The summed E-state index contributed by atoms with van der Waals surface area (Å²) in [6.07, 6.45) is 5.14. The fourth-order valence-electron chi connectivity index (χ4n) is 2.41. The van der Waals surface area contributed by atoms with Crippen LogP contribution < -0.4 is 16.0 Å². The Morgan fingerprint density at radius 3 is 2.70 bits per heavy atom. The van der Waals surface area contributed by atoms with Gasteiger partial charge in [0.25, 0.3) is 5.91 Å². The van der Waals surface area contributed by atoms with Crippen LogP contribution >= 0.6 is 11.8 Å². The van der Waals surface area contributed by atoms with Crippen molar-refractivity contribution in [3.8, 4) is 0 Å². The highest BCUT2D eigenvalue weighted by molar-refractivity contribution is 7.97. The fourth-order valence-corrected chi connectivity index (χ4v) is 2.99. The Labute approximate surface area is 163 Å². The zero-order chi connectivity index (χ0) is 19.5. The van der Waals surface area contributed by atoms with Gasteiger partial charge in [-0.25, -0.2) is 4.39 Å². The van der Waals surface area contributed by atoms with E-state index >= 15 is 0 Å². The Kier molecular flexibility index (Phi) is 8.57. The van der Waals surface area contributed by atoms with E-state index in [1.165, 1.54) is 12.3 Å². The van der Waals surface area contributed by atoms with Crippen LogP contribution in [-0.4, -0.2) is 43.2 Å². The number of guanidine groups is 1. The highest BCUT2D eigenvalue weighted by Crippen LogP contribution is 2.16. The standard InChI is InChI=1S/C19H24FN5OS/c1-21-19(24-9-8-23-18(26)15-4-3-7-22-11-15)25-12-14-5-6-17(20)10-16(14)13-27-2/h3-7,10-11H,8-9,12-13H2,1-2H3,(H,23,26)(H2,21,24,25). The molecule has 0 aliphatic rings. The van der Waals surface area contributed by atoms with Crippen LogP contribution in [0, 0.1) is 5.82 Å². The van der Waals surface area contributed by atoms with Crippen LogP contribution in [-0.2, 0) is 12.3 Å². The first-order valence-corrected chi connectivity index (χ1v) is 9.92. The predicted molar refractivity (Wildman–Crippen MR) is 108 cm³/mol. The summed E-state index contributed by atoms with van der Waals surface area (Å²) in [6, 6.07) is 8.25. The summed E-state index contributed by atoms with van der Waals surface area (Å²) < 4.78 is 13.4. The fraction of sp³-hybridized carbons (Fsp3) is 0.316. The van der Waals surface area contributed by atoms with E-state index in [1.54, 1.807) is 49.3 Å². The molecule has 0 fully saturated rings. The lowest BCUT2D eigenvalue weighted by molar-refractivity contribution is 0.0954. The Bertz CT molecular complexity index is 770. The molecule has 144 valence electrons. The van der Waals surface area contributed by atoms with E-state index in [1.807, 2.05) is 6.26 Å². The number of carbonyl (C=O) groups excluding carboxylic acids is 1. The molecule has 27 heavy (non-hydrogen) atoms. The van der Waals surface area contributed by atoms with E-state index in [9.17, 15) is 9.18 Å². The second-order valence-corrected chi connectivity index (χ2v) is 6.56. The van der Waals surface area contributed by atoms with Gasteiger partial charge in [0.05, 0.1) is 5.56 Å². The van der Waals surface area contributed by atoms with Crippen molar-refractivity contribution in [3.63, 3.8) is 0 Å². The van der Waals surface area contributed by atoms with Crippen LogP contribution in [0.15, 0.2) is 47.7 Å². The van der Waals surface area contributed by atoms with Crippen molar-refractivity contribution in [1.29, 1.82) is 0 Å². The van der Waals surface area contributed by atoms with Crippen molar-refractivity contribution in [2.24, 2.45) is 4.99 Å². The van der Waals surface area contributed by atoms with Crippen molar-refractivity contribution in [3.05, 3.63) is 65.2 Å². The first-order chi connectivity index (χ1) is 13.1. The van der Waals surface area contributed by atoms with E-state index < -0.39 is 0 Å². The molecule has 0 radical (unpaired) electrons. The van der Waals surface area contributed by atoms with Gasteiger partial charge < -0.3 is 16.0 Å². The molecule has 0 atom stereocenters. The number of amides is 1. The SMILES string of the molecule is CN=C(NCCNC(=O)c1cccnc1)NCc1ccc(F)cc1CSC. The van der Waals surface area contributed by atoms with Crippen molar-refractivity contribution >= 4 is 23.6 Å². The molecule has 3 N–H and O–H groups in total.